The fourth-order valence-corrected chi connectivity index (χ4v) is 1.83. The average Bonchev–Trinajstić information content (AvgIpc) is 2.74. The molecule has 1 saturated carbocycles. The molecule has 80 valence electrons. The number of nitrogens with zero attached hydrogens (tertiary/aromatic N) is 1. The number of carbonyl (C=O) groups excluding carboxylic acids is 1. The molecule has 2 fully saturated rings. The number of carbonyl (C=O) groups is 1. The first kappa shape index (κ1) is 9.83. The molecule has 1 amide bonds. The Morgan fingerprint density at radius 1 is 1.57 bits per heavy atom. The van der Waals surface area contributed by atoms with Crippen molar-refractivity contribution in [3.63, 3.8) is 0 Å². The number of hydrogen-bond acceptors (Lipinski definition) is 2. The van der Waals surface area contributed by atoms with E-state index in [-0.39, 0.29) is 18.4 Å². The van der Waals surface area contributed by atoms with Gasteiger partial charge in [0.05, 0.1) is 0 Å². The van der Waals surface area contributed by atoms with Gasteiger partial charge in [0, 0.05) is 32.1 Å². The van der Waals surface area contributed by atoms with Gasteiger partial charge in [-0.3, -0.25) is 4.79 Å². The molecule has 0 bridgehead atoms. The van der Waals surface area contributed by atoms with Crippen LogP contribution in [-0.4, -0.2) is 42.4 Å². The van der Waals surface area contributed by atoms with E-state index in [1.54, 1.807) is 4.90 Å². The summed E-state index contributed by atoms with van der Waals surface area (Å²) in [6.07, 6.45) is -0.260. The van der Waals surface area contributed by atoms with Gasteiger partial charge in [-0.1, -0.05) is 0 Å². The van der Waals surface area contributed by atoms with Crippen molar-refractivity contribution in [1.29, 1.82) is 0 Å². The highest BCUT2D eigenvalue weighted by Crippen LogP contribution is 2.49. The Morgan fingerprint density at radius 2 is 2.21 bits per heavy atom. The highest BCUT2D eigenvalue weighted by molar-refractivity contribution is 5.83. The number of amides is 1. The van der Waals surface area contributed by atoms with Gasteiger partial charge in [-0.25, -0.2) is 8.78 Å². The van der Waals surface area contributed by atoms with Crippen LogP contribution in [0.15, 0.2) is 0 Å². The first-order valence-corrected chi connectivity index (χ1v) is 4.91. The predicted molar refractivity (Wildman–Crippen MR) is 47.1 cm³/mol. The van der Waals surface area contributed by atoms with E-state index < -0.39 is 11.8 Å². The second-order valence-corrected chi connectivity index (χ2v) is 4.16. The van der Waals surface area contributed by atoms with Gasteiger partial charge in [-0.15, -0.1) is 0 Å². The number of nitrogens with one attached hydrogen (secondary N) is 1. The van der Waals surface area contributed by atoms with Crippen molar-refractivity contribution >= 4 is 5.91 Å². The van der Waals surface area contributed by atoms with Crippen LogP contribution < -0.4 is 5.32 Å². The third-order valence-electron chi connectivity index (χ3n) is 2.80. The molecular weight excluding hydrogens is 190 g/mol. The van der Waals surface area contributed by atoms with E-state index in [4.69, 9.17) is 0 Å². The standard InChI is InChI=1S/C9H14F2N2O/c1-6-5-13(3-2-12-6)8(14)7-4-9(7,10)11/h6-7,12H,2-5H2,1H3/t6-,7?/m1/s1. The molecule has 2 aliphatic rings. The van der Waals surface area contributed by atoms with Gasteiger partial charge in [0.25, 0.3) is 5.92 Å². The Morgan fingerprint density at radius 3 is 2.71 bits per heavy atom. The van der Waals surface area contributed by atoms with E-state index in [0.29, 0.717) is 19.6 Å². The monoisotopic (exact) mass is 204 g/mol. The zero-order valence-corrected chi connectivity index (χ0v) is 8.09. The molecule has 0 radical (unpaired) electrons. The summed E-state index contributed by atoms with van der Waals surface area (Å²) in [6.45, 7) is 3.75. The summed E-state index contributed by atoms with van der Waals surface area (Å²) in [5.74, 6) is -4.14. The Hall–Kier alpha value is -0.710. The molecule has 1 aliphatic heterocycles. The van der Waals surface area contributed by atoms with Crippen LogP contribution in [0.2, 0.25) is 0 Å². The van der Waals surface area contributed by atoms with Crippen LogP contribution in [0.25, 0.3) is 0 Å². The largest absolute Gasteiger partial charge is 0.339 e. The molecule has 0 aromatic heterocycles. The lowest BCUT2D eigenvalue weighted by atomic mass is 10.2. The van der Waals surface area contributed by atoms with Crippen LogP contribution >= 0.6 is 0 Å². The Balaban J connectivity index is 1.92. The van der Waals surface area contributed by atoms with Crippen molar-refractivity contribution < 1.29 is 13.6 Å². The number of rotatable bonds is 1. The maximum atomic E-state index is 12.6. The summed E-state index contributed by atoms with van der Waals surface area (Å²) >= 11 is 0. The Bertz CT molecular complexity index is 257. The van der Waals surface area contributed by atoms with Crippen molar-refractivity contribution in [1.82, 2.24) is 10.2 Å². The topological polar surface area (TPSA) is 32.3 Å². The van der Waals surface area contributed by atoms with Crippen LogP contribution in [-0.2, 0) is 4.79 Å². The summed E-state index contributed by atoms with van der Waals surface area (Å²) in [7, 11) is 0. The normalized spacial score (nSPS) is 35.5. The molecule has 14 heavy (non-hydrogen) atoms. The zero-order chi connectivity index (χ0) is 10.3. The van der Waals surface area contributed by atoms with Gasteiger partial charge in [0.2, 0.25) is 5.91 Å². The van der Waals surface area contributed by atoms with Gasteiger partial charge < -0.3 is 10.2 Å². The summed E-state index contributed by atoms with van der Waals surface area (Å²) in [5, 5.41) is 3.17. The smallest absolute Gasteiger partial charge is 0.260 e. The summed E-state index contributed by atoms with van der Waals surface area (Å²) in [4.78, 5) is 13.1. The maximum absolute atomic E-state index is 12.6. The molecule has 5 heteroatoms. The van der Waals surface area contributed by atoms with Crippen molar-refractivity contribution in [3.05, 3.63) is 0 Å². The minimum absolute atomic E-state index is 0.208. The molecule has 1 N–H and O–H groups in total. The predicted octanol–water partition coefficient (Wildman–Crippen LogP) is 0.462. The van der Waals surface area contributed by atoms with E-state index in [2.05, 4.69) is 5.32 Å². The van der Waals surface area contributed by atoms with E-state index in [1.165, 1.54) is 0 Å². The van der Waals surface area contributed by atoms with E-state index in [1.807, 2.05) is 6.92 Å². The SMILES string of the molecule is C[C@@H]1CN(C(=O)C2CC2(F)F)CCN1. The number of hydrogen-bond donors (Lipinski definition) is 1. The minimum atomic E-state index is -2.73. The molecule has 1 unspecified atom stereocenters. The van der Waals surface area contributed by atoms with Crippen molar-refractivity contribution in [2.75, 3.05) is 19.6 Å². The fraction of sp³-hybridized carbons (Fsp3) is 0.889. The first-order chi connectivity index (χ1) is 6.50. The zero-order valence-electron chi connectivity index (χ0n) is 8.09. The lowest BCUT2D eigenvalue weighted by molar-refractivity contribution is -0.135. The molecule has 1 aliphatic carbocycles. The maximum Gasteiger partial charge on any atom is 0.260 e. The summed E-state index contributed by atoms with van der Waals surface area (Å²) < 4.78 is 25.3. The van der Waals surface area contributed by atoms with Crippen LogP contribution in [0.4, 0.5) is 8.78 Å². The number of piperazine rings is 1. The highest BCUT2D eigenvalue weighted by Gasteiger charge is 2.62. The summed E-state index contributed by atoms with van der Waals surface area (Å²) in [6, 6.07) is 0.208. The lowest BCUT2D eigenvalue weighted by Crippen LogP contribution is -2.52. The van der Waals surface area contributed by atoms with E-state index in [9.17, 15) is 13.6 Å². The van der Waals surface area contributed by atoms with E-state index in [0.717, 1.165) is 0 Å². The van der Waals surface area contributed by atoms with Gasteiger partial charge in [-0.05, 0) is 6.92 Å². The third-order valence-corrected chi connectivity index (χ3v) is 2.80. The molecular formula is C9H14F2N2O. The molecule has 2 atom stereocenters. The van der Waals surface area contributed by atoms with Gasteiger partial charge in [0.15, 0.2) is 0 Å². The summed E-state index contributed by atoms with van der Waals surface area (Å²) in [5.41, 5.74) is 0. The molecule has 1 saturated heterocycles. The molecule has 0 aromatic carbocycles. The van der Waals surface area contributed by atoms with Gasteiger partial charge in [0.1, 0.15) is 5.92 Å². The fourth-order valence-electron chi connectivity index (χ4n) is 1.83. The van der Waals surface area contributed by atoms with Crippen LogP contribution in [0.3, 0.4) is 0 Å². The first-order valence-electron chi connectivity index (χ1n) is 4.91. The van der Waals surface area contributed by atoms with Crippen molar-refractivity contribution in [2.24, 2.45) is 5.92 Å². The molecule has 1 heterocycles. The number of alkyl halides is 2. The Kier molecular flexibility index (Phi) is 2.21. The van der Waals surface area contributed by atoms with Crippen LogP contribution in [0, 0.1) is 5.92 Å². The van der Waals surface area contributed by atoms with E-state index >= 15 is 0 Å². The van der Waals surface area contributed by atoms with Gasteiger partial charge >= 0.3 is 0 Å². The van der Waals surface area contributed by atoms with Crippen LogP contribution in [0.5, 0.6) is 0 Å². The molecule has 3 nitrogen and oxygen atoms in total. The average molecular weight is 204 g/mol. The van der Waals surface area contributed by atoms with Gasteiger partial charge in [-0.2, -0.15) is 0 Å². The Labute approximate surface area is 81.4 Å². The molecule has 0 spiro atoms. The number of halogens is 2. The van der Waals surface area contributed by atoms with Crippen LogP contribution in [0.1, 0.15) is 13.3 Å². The second kappa shape index (κ2) is 3.15. The third kappa shape index (κ3) is 1.73. The lowest BCUT2D eigenvalue weighted by Gasteiger charge is -2.32. The molecule has 0 aromatic rings. The van der Waals surface area contributed by atoms with Crippen molar-refractivity contribution in [3.8, 4) is 0 Å². The van der Waals surface area contributed by atoms with Crippen molar-refractivity contribution in [2.45, 2.75) is 25.3 Å². The highest BCUT2D eigenvalue weighted by atomic mass is 19.3. The quantitative estimate of drug-likeness (QED) is 0.673. The molecule has 2 rings (SSSR count). The second-order valence-electron chi connectivity index (χ2n) is 4.16. The minimum Gasteiger partial charge on any atom is -0.339 e.